The summed E-state index contributed by atoms with van der Waals surface area (Å²) in [4.78, 5) is 11.9. The highest BCUT2D eigenvalue weighted by atomic mass is 16.8. The van der Waals surface area contributed by atoms with Crippen LogP contribution in [0.4, 0.5) is 0 Å². The number of ether oxygens (including phenoxy) is 4. The first-order valence-electron chi connectivity index (χ1n) is 8.20. The summed E-state index contributed by atoms with van der Waals surface area (Å²) in [5.41, 5.74) is 0.230. The van der Waals surface area contributed by atoms with Crippen LogP contribution < -0.4 is 0 Å². The summed E-state index contributed by atoms with van der Waals surface area (Å²) >= 11 is 0. The summed E-state index contributed by atoms with van der Waals surface area (Å²) in [6, 6.07) is 0. The van der Waals surface area contributed by atoms with E-state index in [0.29, 0.717) is 0 Å². The molecule has 3 heterocycles. The topological polar surface area (TPSA) is 155 Å². The Labute approximate surface area is 148 Å². The SMILES string of the molecule is C=C[C@H]1[C@H](O[C@@H]2O[C@H](CO)[C@@H](O)[C@H](O)[C@H]2O)OC=C2C(=O)OC(O)C[C@H]21. The molecule has 26 heavy (non-hydrogen) atoms. The quantitative estimate of drug-likeness (QED) is 0.269. The second kappa shape index (κ2) is 7.61. The summed E-state index contributed by atoms with van der Waals surface area (Å²) in [7, 11) is 0. The first kappa shape index (κ1) is 19.2. The zero-order valence-electron chi connectivity index (χ0n) is 13.7. The van der Waals surface area contributed by atoms with Crippen LogP contribution in [0.25, 0.3) is 0 Å². The monoisotopic (exact) mass is 374 g/mol. The van der Waals surface area contributed by atoms with Gasteiger partial charge < -0.3 is 44.5 Å². The van der Waals surface area contributed by atoms with Crippen molar-refractivity contribution < 1.29 is 49.3 Å². The fourth-order valence-corrected chi connectivity index (χ4v) is 3.37. The average molecular weight is 374 g/mol. The molecule has 5 N–H and O–H groups in total. The number of rotatable bonds is 4. The molecular formula is C16H22O10. The summed E-state index contributed by atoms with van der Waals surface area (Å²) in [5.74, 6) is -1.76. The minimum atomic E-state index is -1.59. The molecule has 0 aliphatic carbocycles. The van der Waals surface area contributed by atoms with Crippen molar-refractivity contribution in [3.8, 4) is 0 Å². The minimum absolute atomic E-state index is 0.117. The maximum absolute atomic E-state index is 11.9. The molecule has 1 unspecified atom stereocenters. The van der Waals surface area contributed by atoms with Crippen molar-refractivity contribution >= 4 is 5.97 Å². The van der Waals surface area contributed by atoms with Crippen LogP contribution in [-0.4, -0.2) is 81.4 Å². The smallest absolute Gasteiger partial charge is 0.339 e. The molecule has 2 fully saturated rings. The van der Waals surface area contributed by atoms with Crippen LogP contribution in [-0.2, 0) is 23.7 Å². The molecule has 10 heteroatoms. The number of aliphatic hydroxyl groups is 5. The van der Waals surface area contributed by atoms with E-state index in [1.54, 1.807) is 0 Å². The third-order valence-corrected chi connectivity index (χ3v) is 4.83. The molecule has 0 aromatic heterocycles. The van der Waals surface area contributed by atoms with Crippen LogP contribution in [0.5, 0.6) is 0 Å². The Kier molecular flexibility index (Phi) is 5.63. The Balaban J connectivity index is 1.77. The van der Waals surface area contributed by atoms with Gasteiger partial charge in [0.25, 0.3) is 0 Å². The maximum atomic E-state index is 11.9. The molecule has 0 radical (unpaired) electrons. The van der Waals surface area contributed by atoms with E-state index in [0.717, 1.165) is 6.26 Å². The van der Waals surface area contributed by atoms with Gasteiger partial charge in [-0.2, -0.15) is 0 Å². The second-order valence-electron chi connectivity index (χ2n) is 6.43. The van der Waals surface area contributed by atoms with E-state index in [1.165, 1.54) is 6.08 Å². The van der Waals surface area contributed by atoms with Crippen molar-refractivity contribution in [1.82, 2.24) is 0 Å². The van der Waals surface area contributed by atoms with Crippen LogP contribution in [0, 0.1) is 11.8 Å². The van der Waals surface area contributed by atoms with Crippen molar-refractivity contribution in [2.75, 3.05) is 6.61 Å². The number of hydrogen-bond acceptors (Lipinski definition) is 10. The van der Waals surface area contributed by atoms with Crippen molar-refractivity contribution in [2.45, 2.75) is 49.7 Å². The molecule has 146 valence electrons. The number of aliphatic hydroxyl groups excluding tert-OH is 5. The number of cyclic esters (lactones) is 1. The van der Waals surface area contributed by atoms with Gasteiger partial charge in [-0.1, -0.05) is 6.08 Å². The summed E-state index contributed by atoms with van der Waals surface area (Å²) < 4.78 is 21.0. The molecule has 0 aromatic rings. The first-order chi connectivity index (χ1) is 12.4. The Morgan fingerprint density at radius 2 is 1.92 bits per heavy atom. The fourth-order valence-electron chi connectivity index (χ4n) is 3.37. The fraction of sp³-hybridized carbons (Fsp3) is 0.688. The summed E-state index contributed by atoms with van der Waals surface area (Å²) in [5, 5.41) is 48.6. The van der Waals surface area contributed by atoms with Gasteiger partial charge in [0, 0.05) is 18.3 Å². The molecule has 0 aromatic carbocycles. The molecule has 0 spiro atoms. The Morgan fingerprint density at radius 3 is 2.58 bits per heavy atom. The summed E-state index contributed by atoms with van der Waals surface area (Å²) in [6.07, 6.45) is -6.75. The van der Waals surface area contributed by atoms with E-state index in [1.807, 2.05) is 0 Å². The van der Waals surface area contributed by atoms with E-state index in [2.05, 4.69) is 6.58 Å². The molecule has 0 bridgehead atoms. The van der Waals surface area contributed by atoms with Crippen molar-refractivity contribution in [3.05, 3.63) is 24.5 Å². The highest BCUT2D eigenvalue weighted by Gasteiger charge is 2.48. The number of esters is 1. The van der Waals surface area contributed by atoms with Gasteiger partial charge >= 0.3 is 5.97 Å². The standard InChI is InChI=1S/C16H22O10/c1-2-6-7-3-10(18)25-14(22)8(7)5-23-15(6)26-16-13(21)12(20)11(19)9(4-17)24-16/h2,5-7,9-13,15-21H,1,3-4H2/t6-,7+,9-,10?,11-,12+,13-,15+,16+/m1/s1. The van der Waals surface area contributed by atoms with Crippen LogP contribution in [0.2, 0.25) is 0 Å². The van der Waals surface area contributed by atoms with Crippen LogP contribution >= 0.6 is 0 Å². The lowest BCUT2D eigenvalue weighted by molar-refractivity contribution is -0.340. The Hall–Kier alpha value is -1.53. The van der Waals surface area contributed by atoms with Crippen molar-refractivity contribution in [1.29, 1.82) is 0 Å². The summed E-state index contributed by atoms with van der Waals surface area (Å²) in [6.45, 7) is 3.10. The van der Waals surface area contributed by atoms with Crippen LogP contribution in [0.1, 0.15) is 6.42 Å². The van der Waals surface area contributed by atoms with Gasteiger partial charge in [-0.3, -0.25) is 0 Å². The van der Waals surface area contributed by atoms with Gasteiger partial charge in [0.15, 0.2) is 6.29 Å². The average Bonchev–Trinajstić information content (AvgIpc) is 2.61. The van der Waals surface area contributed by atoms with E-state index in [9.17, 15) is 30.3 Å². The maximum Gasteiger partial charge on any atom is 0.339 e. The van der Waals surface area contributed by atoms with Gasteiger partial charge in [-0.05, 0) is 0 Å². The van der Waals surface area contributed by atoms with Gasteiger partial charge in [0.05, 0.1) is 18.4 Å². The minimum Gasteiger partial charge on any atom is -0.471 e. The van der Waals surface area contributed by atoms with Crippen molar-refractivity contribution in [2.24, 2.45) is 11.8 Å². The van der Waals surface area contributed by atoms with E-state index < -0.39 is 67.7 Å². The molecule has 3 rings (SSSR count). The van der Waals surface area contributed by atoms with E-state index in [-0.39, 0.29) is 12.0 Å². The van der Waals surface area contributed by atoms with Crippen LogP contribution in [0.3, 0.4) is 0 Å². The molecule has 9 atom stereocenters. The predicted octanol–water partition coefficient (Wildman–Crippen LogP) is -2.27. The lowest BCUT2D eigenvalue weighted by Crippen LogP contribution is -2.60. The molecule has 10 nitrogen and oxygen atoms in total. The normalized spacial score (nSPS) is 45.8. The highest BCUT2D eigenvalue weighted by molar-refractivity contribution is 5.89. The van der Waals surface area contributed by atoms with Gasteiger partial charge in [0.2, 0.25) is 12.6 Å². The largest absolute Gasteiger partial charge is 0.471 e. The third-order valence-electron chi connectivity index (χ3n) is 4.83. The molecular weight excluding hydrogens is 352 g/mol. The van der Waals surface area contributed by atoms with Gasteiger partial charge in [-0.25, -0.2) is 4.79 Å². The number of carbonyl (C=O) groups excluding carboxylic acids is 1. The Bertz CT molecular complexity index is 575. The van der Waals surface area contributed by atoms with E-state index >= 15 is 0 Å². The lowest BCUT2D eigenvalue weighted by atomic mass is 9.80. The molecule has 2 saturated heterocycles. The highest BCUT2D eigenvalue weighted by Crippen LogP contribution is 2.39. The molecule has 0 amide bonds. The number of hydrogen-bond donors (Lipinski definition) is 5. The molecule has 3 aliphatic rings. The lowest BCUT2D eigenvalue weighted by Gasteiger charge is -2.43. The first-order valence-corrected chi connectivity index (χ1v) is 8.20. The Morgan fingerprint density at radius 1 is 1.19 bits per heavy atom. The predicted molar refractivity (Wildman–Crippen MR) is 81.7 cm³/mol. The third kappa shape index (κ3) is 3.37. The zero-order valence-corrected chi connectivity index (χ0v) is 13.7. The van der Waals surface area contributed by atoms with E-state index in [4.69, 9.17) is 18.9 Å². The zero-order chi connectivity index (χ0) is 19.0. The van der Waals surface area contributed by atoms with Gasteiger partial charge in [0.1, 0.15) is 24.4 Å². The number of fused-ring (bicyclic) bond motifs is 1. The molecule has 3 aliphatic heterocycles. The van der Waals surface area contributed by atoms with Gasteiger partial charge in [-0.15, -0.1) is 6.58 Å². The van der Waals surface area contributed by atoms with Crippen molar-refractivity contribution in [3.63, 3.8) is 0 Å². The molecule has 0 saturated carbocycles. The number of carbonyl (C=O) groups is 1. The van der Waals surface area contributed by atoms with Crippen LogP contribution in [0.15, 0.2) is 24.5 Å². The second-order valence-corrected chi connectivity index (χ2v) is 6.43.